The lowest BCUT2D eigenvalue weighted by molar-refractivity contribution is 0.0531. The zero-order chi connectivity index (χ0) is 14.4. The number of nitrogens with zero attached hydrogens (tertiary/aromatic N) is 2. The maximum atomic E-state index is 11.9. The average molecular weight is 357 g/mol. The minimum atomic E-state index is -0.0480. The van der Waals surface area contributed by atoms with Crippen LogP contribution in [0.5, 0.6) is 0 Å². The molecule has 0 saturated carbocycles. The molecule has 2 rings (SSSR count). The second kappa shape index (κ2) is 8.63. The number of benzene rings is 1. The number of nitrogens with one attached hydrogen (secondary N) is 1. The maximum Gasteiger partial charge on any atom is 0.317 e. The molecule has 21 heavy (non-hydrogen) atoms. The molecule has 0 atom stereocenters. The van der Waals surface area contributed by atoms with Gasteiger partial charge in [-0.3, -0.25) is 0 Å². The summed E-state index contributed by atoms with van der Waals surface area (Å²) in [5, 5.41) is 2.90. The van der Waals surface area contributed by atoms with Crippen LogP contribution >= 0.6 is 17.0 Å². The van der Waals surface area contributed by atoms with Crippen molar-refractivity contribution in [1.29, 1.82) is 0 Å². The van der Waals surface area contributed by atoms with E-state index in [4.69, 9.17) is 10.5 Å². The normalized spacial score (nSPS) is 15.3. The Kier molecular flexibility index (Phi) is 7.18. The van der Waals surface area contributed by atoms with Crippen molar-refractivity contribution in [3.8, 4) is 0 Å². The van der Waals surface area contributed by atoms with Gasteiger partial charge in [-0.25, -0.2) is 9.79 Å². The molecule has 0 aliphatic carbocycles. The van der Waals surface area contributed by atoms with Gasteiger partial charge in [-0.05, 0) is 24.6 Å². The van der Waals surface area contributed by atoms with Crippen LogP contribution < -0.4 is 11.1 Å². The number of aliphatic imine (C=N–C) groups is 1. The van der Waals surface area contributed by atoms with E-state index in [0.29, 0.717) is 38.7 Å². The summed E-state index contributed by atoms with van der Waals surface area (Å²) in [5.41, 5.74) is 7.36. The molecule has 1 aliphatic heterocycles. The molecule has 0 bridgehead atoms. The van der Waals surface area contributed by atoms with E-state index >= 15 is 0 Å². The van der Waals surface area contributed by atoms with Gasteiger partial charge < -0.3 is 20.7 Å². The first-order valence-corrected chi connectivity index (χ1v) is 6.65. The van der Waals surface area contributed by atoms with Crippen LogP contribution in [0, 0.1) is 0 Å². The summed E-state index contributed by atoms with van der Waals surface area (Å²) in [6.07, 6.45) is 0. The third kappa shape index (κ3) is 5.73. The molecule has 0 aromatic heterocycles. The third-order valence-electron chi connectivity index (χ3n) is 2.98. The minimum Gasteiger partial charge on any atom is -0.387 e. The van der Waals surface area contributed by atoms with Crippen molar-refractivity contribution < 1.29 is 9.53 Å². The number of urea groups is 1. The molecule has 7 heteroatoms. The molecule has 1 saturated heterocycles. The van der Waals surface area contributed by atoms with Gasteiger partial charge >= 0.3 is 6.03 Å². The molecule has 1 heterocycles. The van der Waals surface area contributed by atoms with Crippen LogP contribution in [-0.4, -0.2) is 43.1 Å². The number of amides is 2. The Bertz CT molecular complexity index is 480. The van der Waals surface area contributed by atoms with Crippen molar-refractivity contribution in [2.24, 2.45) is 10.7 Å². The number of rotatable bonds is 3. The van der Waals surface area contributed by atoms with E-state index < -0.39 is 0 Å². The lowest BCUT2D eigenvalue weighted by Gasteiger charge is -2.26. The molecule has 6 nitrogen and oxygen atoms in total. The van der Waals surface area contributed by atoms with Gasteiger partial charge in [0.25, 0.3) is 0 Å². The molecule has 3 N–H and O–H groups in total. The molecule has 0 radical (unpaired) electrons. The van der Waals surface area contributed by atoms with E-state index in [0.717, 1.165) is 11.3 Å². The Hall–Kier alpha value is -1.60. The van der Waals surface area contributed by atoms with E-state index in [-0.39, 0.29) is 23.0 Å². The van der Waals surface area contributed by atoms with Crippen LogP contribution in [0.15, 0.2) is 29.3 Å². The van der Waals surface area contributed by atoms with Gasteiger partial charge in [0, 0.05) is 19.6 Å². The minimum absolute atomic E-state index is 0. The molecule has 1 aliphatic rings. The number of hydrogen-bond acceptors (Lipinski definition) is 3. The van der Waals surface area contributed by atoms with Crippen LogP contribution in [-0.2, 0) is 11.3 Å². The van der Waals surface area contributed by atoms with Gasteiger partial charge in [-0.2, -0.15) is 0 Å². The monoisotopic (exact) mass is 356 g/mol. The topological polar surface area (TPSA) is 79.9 Å². The fourth-order valence-electron chi connectivity index (χ4n) is 1.95. The molecule has 0 unspecified atom stereocenters. The van der Waals surface area contributed by atoms with Crippen molar-refractivity contribution in [2.75, 3.05) is 26.3 Å². The predicted octanol–water partition coefficient (Wildman–Crippen LogP) is 1.81. The summed E-state index contributed by atoms with van der Waals surface area (Å²) in [6, 6.07) is 7.58. The first-order valence-electron chi connectivity index (χ1n) is 6.65. The van der Waals surface area contributed by atoms with Crippen LogP contribution in [0.2, 0.25) is 0 Å². The zero-order valence-electron chi connectivity index (χ0n) is 12.0. The molecule has 1 aromatic rings. The number of halogens is 1. The molecule has 2 amide bonds. The highest BCUT2D eigenvalue weighted by atomic mass is 79.9. The van der Waals surface area contributed by atoms with Crippen molar-refractivity contribution in [2.45, 2.75) is 13.5 Å². The van der Waals surface area contributed by atoms with Gasteiger partial charge in [0.05, 0.1) is 24.7 Å². The largest absolute Gasteiger partial charge is 0.387 e. The first-order chi connectivity index (χ1) is 9.65. The van der Waals surface area contributed by atoms with Gasteiger partial charge in [0.2, 0.25) is 0 Å². The summed E-state index contributed by atoms with van der Waals surface area (Å²) in [5.74, 6) is 0.526. The van der Waals surface area contributed by atoms with Crippen LogP contribution in [0.25, 0.3) is 0 Å². The van der Waals surface area contributed by atoms with E-state index in [1.54, 1.807) is 11.8 Å². The Morgan fingerprint density at radius 2 is 1.95 bits per heavy atom. The highest BCUT2D eigenvalue weighted by Crippen LogP contribution is 2.13. The lowest BCUT2D eigenvalue weighted by atomic mass is 10.2. The van der Waals surface area contributed by atoms with Gasteiger partial charge in [0.1, 0.15) is 0 Å². The van der Waals surface area contributed by atoms with Crippen LogP contribution in [0.3, 0.4) is 0 Å². The number of hydrogen-bond donors (Lipinski definition) is 2. The van der Waals surface area contributed by atoms with E-state index in [1.807, 2.05) is 24.3 Å². The van der Waals surface area contributed by atoms with E-state index in [1.165, 1.54) is 0 Å². The molecular formula is C14H21BrN4O2. The summed E-state index contributed by atoms with van der Waals surface area (Å²) in [7, 11) is 0. The number of nitrogens with two attached hydrogens (primary N) is 1. The SMILES string of the molecule is Br.CC(N)=Nc1ccc(CNC(=O)N2CCOCC2)cc1. The van der Waals surface area contributed by atoms with Crippen LogP contribution in [0.4, 0.5) is 10.5 Å². The number of carbonyl (C=O) groups excluding carboxylic acids is 1. The summed E-state index contributed by atoms with van der Waals surface area (Å²) >= 11 is 0. The third-order valence-corrected chi connectivity index (χ3v) is 2.98. The molecular weight excluding hydrogens is 336 g/mol. The summed E-state index contributed by atoms with van der Waals surface area (Å²) in [4.78, 5) is 17.8. The smallest absolute Gasteiger partial charge is 0.317 e. The second-order valence-electron chi connectivity index (χ2n) is 4.68. The Balaban J connectivity index is 0.00000220. The Morgan fingerprint density at radius 3 is 2.52 bits per heavy atom. The molecule has 0 spiro atoms. The van der Waals surface area contributed by atoms with Crippen molar-refractivity contribution in [1.82, 2.24) is 10.2 Å². The summed E-state index contributed by atoms with van der Waals surface area (Å²) < 4.78 is 5.21. The van der Waals surface area contributed by atoms with Crippen molar-refractivity contribution in [3.05, 3.63) is 29.8 Å². The number of carbonyl (C=O) groups is 1. The predicted molar refractivity (Wildman–Crippen MR) is 88.3 cm³/mol. The van der Waals surface area contributed by atoms with Crippen molar-refractivity contribution >= 4 is 34.5 Å². The van der Waals surface area contributed by atoms with Crippen molar-refractivity contribution in [3.63, 3.8) is 0 Å². The Morgan fingerprint density at radius 1 is 1.33 bits per heavy atom. The standard InChI is InChI=1S/C14H20N4O2.BrH/c1-11(15)17-13-4-2-12(3-5-13)10-16-14(19)18-6-8-20-9-7-18;/h2-5H,6-10H2,1H3,(H2,15,17)(H,16,19);1H. The van der Waals surface area contributed by atoms with E-state index in [9.17, 15) is 4.79 Å². The molecule has 1 aromatic carbocycles. The average Bonchev–Trinajstić information content (AvgIpc) is 2.46. The highest BCUT2D eigenvalue weighted by Gasteiger charge is 2.15. The van der Waals surface area contributed by atoms with Gasteiger partial charge in [-0.15, -0.1) is 17.0 Å². The maximum absolute atomic E-state index is 11.9. The lowest BCUT2D eigenvalue weighted by Crippen LogP contribution is -2.45. The van der Waals surface area contributed by atoms with E-state index in [2.05, 4.69) is 10.3 Å². The highest BCUT2D eigenvalue weighted by molar-refractivity contribution is 8.93. The number of ether oxygens (including phenoxy) is 1. The Labute approximate surface area is 135 Å². The zero-order valence-corrected chi connectivity index (χ0v) is 13.8. The molecule has 116 valence electrons. The number of amidine groups is 1. The number of morpholine rings is 1. The fourth-order valence-corrected chi connectivity index (χ4v) is 1.95. The van der Waals surface area contributed by atoms with Gasteiger partial charge in [0.15, 0.2) is 0 Å². The fraction of sp³-hybridized carbons (Fsp3) is 0.429. The van der Waals surface area contributed by atoms with Gasteiger partial charge in [-0.1, -0.05) is 12.1 Å². The second-order valence-corrected chi connectivity index (χ2v) is 4.68. The quantitative estimate of drug-likeness (QED) is 0.640. The van der Waals surface area contributed by atoms with Crippen LogP contribution in [0.1, 0.15) is 12.5 Å². The first kappa shape index (κ1) is 17.5. The molecule has 1 fully saturated rings. The summed E-state index contributed by atoms with van der Waals surface area (Å²) in [6.45, 7) is 4.76.